The van der Waals surface area contributed by atoms with Gasteiger partial charge in [-0.1, -0.05) is 30.3 Å². The molecular formula is C20H21N3O4. The maximum Gasteiger partial charge on any atom is 0.410 e. The molecular weight excluding hydrogens is 346 g/mol. The molecule has 1 atom stereocenters. The average molecular weight is 367 g/mol. The fourth-order valence-electron chi connectivity index (χ4n) is 3.82. The number of hydrogen-bond acceptors (Lipinski definition) is 5. The highest BCUT2D eigenvalue weighted by Crippen LogP contribution is 2.32. The molecule has 27 heavy (non-hydrogen) atoms. The molecule has 0 saturated carbocycles. The van der Waals surface area contributed by atoms with E-state index in [0.717, 1.165) is 5.56 Å². The summed E-state index contributed by atoms with van der Waals surface area (Å²) in [5, 5.41) is 0. The van der Waals surface area contributed by atoms with Gasteiger partial charge in [-0.3, -0.25) is 9.69 Å². The lowest BCUT2D eigenvalue weighted by Gasteiger charge is -2.44. The number of methoxy groups -OCH3 is 1. The van der Waals surface area contributed by atoms with Crippen molar-refractivity contribution in [3.05, 3.63) is 59.8 Å². The van der Waals surface area contributed by atoms with Crippen LogP contribution in [-0.4, -0.2) is 65.7 Å². The van der Waals surface area contributed by atoms with Crippen LogP contribution in [0.1, 0.15) is 15.9 Å². The third-order valence-electron chi connectivity index (χ3n) is 5.19. The van der Waals surface area contributed by atoms with E-state index in [1.54, 1.807) is 21.9 Å². The monoisotopic (exact) mass is 367 g/mol. The van der Waals surface area contributed by atoms with Crippen molar-refractivity contribution < 1.29 is 19.1 Å². The van der Waals surface area contributed by atoms with Gasteiger partial charge in [0.25, 0.3) is 5.91 Å². The van der Waals surface area contributed by atoms with Gasteiger partial charge in [-0.2, -0.15) is 0 Å². The van der Waals surface area contributed by atoms with E-state index in [-0.39, 0.29) is 18.6 Å². The minimum Gasteiger partial charge on any atom is -0.481 e. The Hall–Kier alpha value is -3.09. The van der Waals surface area contributed by atoms with Gasteiger partial charge in [-0.05, 0) is 11.6 Å². The van der Waals surface area contributed by atoms with Gasteiger partial charge in [0.1, 0.15) is 12.1 Å². The number of pyridine rings is 1. The molecule has 1 aromatic heterocycles. The van der Waals surface area contributed by atoms with Crippen molar-refractivity contribution in [1.82, 2.24) is 14.8 Å². The Balaban J connectivity index is 1.57. The van der Waals surface area contributed by atoms with E-state index in [4.69, 9.17) is 9.47 Å². The number of nitrogens with zero attached hydrogens (tertiary/aromatic N) is 3. The van der Waals surface area contributed by atoms with Crippen LogP contribution in [-0.2, 0) is 11.2 Å². The normalized spacial score (nSPS) is 21.6. The van der Waals surface area contributed by atoms with Gasteiger partial charge < -0.3 is 14.4 Å². The van der Waals surface area contributed by atoms with Crippen LogP contribution in [0.2, 0.25) is 0 Å². The number of carbonyl (C=O) groups excluding carboxylic acids is 2. The maximum atomic E-state index is 13.0. The first-order valence-electron chi connectivity index (χ1n) is 8.89. The quantitative estimate of drug-likeness (QED) is 0.826. The molecule has 1 unspecified atom stereocenters. The maximum absolute atomic E-state index is 13.0. The first kappa shape index (κ1) is 17.3. The fourth-order valence-corrected chi connectivity index (χ4v) is 3.82. The lowest BCUT2D eigenvalue weighted by molar-refractivity contribution is 0.0375. The van der Waals surface area contributed by atoms with Crippen molar-refractivity contribution in [2.75, 3.05) is 33.4 Å². The zero-order valence-electron chi connectivity index (χ0n) is 15.1. The van der Waals surface area contributed by atoms with E-state index in [1.165, 1.54) is 13.3 Å². The van der Waals surface area contributed by atoms with Crippen LogP contribution in [0.4, 0.5) is 4.79 Å². The first-order chi connectivity index (χ1) is 13.1. The van der Waals surface area contributed by atoms with Crippen LogP contribution in [0.25, 0.3) is 0 Å². The Labute approximate surface area is 157 Å². The van der Waals surface area contributed by atoms with Crippen molar-refractivity contribution in [3.8, 4) is 5.88 Å². The number of carbonyl (C=O) groups is 2. The Kier molecular flexibility index (Phi) is 4.43. The zero-order valence-corrected chi connectivity index (χ0v) is 15.1. The van der Waals surface area contributed by atoms with E-state index < -0.39 is 5.54 Å². The van der Waals surface area contributed by atoms with E-state index in [9.17, 15) is 9.59 Å². The van der Waals surface area contributed by atoms with Crippen LogP contribution < -0.4 is 4.74 Å². The Morgan fingerprint density at radius 1 is 1.22 bits per heavy atom. The second-order valence-corrected chi connectivity index (χ2v) is 6.91. The van der Waals surface area contributed by atoms with E-state index in [0.29, 0.717) is 37.5 Å². The van der Waals surface area contributed by atoms with Crippen LogP contribution in [0.3, 0.4) is 0 Å². The smallest absolute Gasteiger partial charge is 0.410 e. The van der Waals surface area contributed by atoms with E-state index >= 15 is 0 Å². The molecule has 7 nitrogen and oxygen atoms in total. The topological polar surface area (TPSA) is 72.0 Å². The molecule has 0 aliphatic carbocycles. The van der Waals surface area contributed by atoms with E-state index in [1.807, 2.05) is 30.3 Å². The van der Waals surface area contributed by atoms with Crippen molar-refractivity contribution >= 4 is 12.0 Å². The number of amides is 2. The number of ether oxygens (including phenoxy) is 2. The Bertz CT molecular complexity index is 840. The Morgan fingerprint density at radius 2 is 2.04 bits per heavy atom. The summed E-state index contributed by atoms with van der Waals surface area (Å²) in [6.07, 6.45) is 1.86. The predicted molar refractivity (Wildman–Crippen MR) is 97.6 cm³/mol. The van der Waals surface area contributed by atoms with Gasteiger partial charge in [-0.15, -0.1) is 0 Å². The highest BCUT2D eigenvalue weighted by Gasteiger charge is 2.51. The largest absolute Gasteiger partial charge is 0.481 e. The predicted octanol–water partition coefficient (Wildman–Crippen LogP) is 1.98. The number of benzene rings is 1. The summed E-state index contributed by atoms with van der Waals surface area (Å²) in [6, 6.07) is 13.4. The highest BCUT2D eigenvalue weighted by molar-refractivity contribution is 5.94. The van der Waals surface area contributed by atoms with Crippen LogP contribution in [0.5, 0.6) is 5.88 Å². The molecule has 3 heterocycles. The molecule has 140 valence electrons. The van der Waals surface area contributed by atoms with Crippen molar-refractivity contribution in [1.29, 1.82) is 0 Å². The molecule has 4 rings (SSSR count). The van der Waals surface area contributed by atoms with Gasteiger partial charge in [-0.25, -0.2) is 9.78 Å². The summed E-state index contributed by atoms with van der Waals surface area (Å²) < 4.78 is 10.4. The molecule has 2 aliphatic heterocycles. The number of cyclic esters (lactones) is 1. The molecule has 0 N–H and O–H groups in total. The second kappa shape index (κ2) is 6.90. The third kappa shape index (κ3) is 3.20. The van der Waals surface area contributed by atoms with Crippen LogP contribution in [0, 0.1) is 0 Å². The molecule has 7 heteroatoms. The number of aromatic nitrogens is 1. The summed E-state index contributed by atoms with van der Waals surface area (Å²) in [6.45, 7) is 1.64. The molecule has 2 amide bonds. The number of piperazine rings is 1. The molecule has 0 bridgehead atoms. The first-order valence-corrected chi connectivity index (χ1v) is 8.89. The van der Waals surface area contributed by atoms with Crippen LogP contribution >= 0.6 is 0 Å². The Morgan fingerprint density at radius 3 is 2.74 bits per heavy atom. The van der Waals surface area contributed by atoms with E-state index in [2.05, 4.69) is 4.98 Å². The average Bonchev–Trinajstić information content (AvgIpc) is 3.04. The van der Waals surface area contributed by atoms with Crippen molar-refractivity contribution in [2.45, 2.75) is 12.0 Å². The lowest BCUT2D eigenvalue weighted by Crippen LogP contribution is -2.63. The summed E-state index contributed by atoms with van der Waals surface area (Å²) >= 11 is 0. The molecule has 2 aromatic rings. The zero-order chi connectivity index (χ0) is 18.9. The molecule has 1 aromatic carbocycles. The van der Waals surface area contributed by atoms with Crippen molar-refractivity contribution in [3.63, 3.8) is 0 Å². The van der Waals surface area contributed by atoms with Gasteiger partial charge in [0.05, 0.1) is 12.7 Å². The van der Waals surface area contributed by atoms with Crippen LogP contribution in [0.15, 0.2) is 48.7 Å². The SMILES string of the molecule is COc1ccc(C(=O)N2CCN3C(=O)OCC3(Cc3ccccc3)C2)cn1. The molecule has 2 saturated heterocycles. The lowest BCUT2D eigenvalue weighted by atomic mass is 9.88. The fraction of sp³-hybridized carbons (Fsp3) is 0.350. The summed E-state index contributed by atoms with van der Waals surface area (Å²) in [5.74, 6) is 0.364. The number of fused-ring (bicyclic) bond motifs is 1. The summed E-state index contributed by atoms with van der Waals surface area (Å²) in [4.78, 5) is 32.8. The van der Waals surface area contributed by atoms with Gasteiger partial charge in [0.15, 0.2) is 0 Å². The van der Waals surface area contributed by atoms with Gasteiger partial charge >= 0.3 is 6.09 Å². The molecule has 2 fully saturated rings. The van der Waals surface area contributed by atoms with Gasteiger partial charge in [0.2, 0.25) is 5.88 Å². The number of rotatable bonds is 4. The standard InChI is InChI=1S/C20H21N3O4/c1-26-17-8-7-16(12-21-17)18(24)22-9-10-23-19(25)27-14-20(23,13-22)11-15-5-3-2-4-6-15/h2-8,12H,9-11,13-14H2,1H3. The van der Waals surface area contributed by atoms with Crippen molar-refractivity contribution in [2.24, 2.45) is 0 Å². The minimum absolute atomic E-state index is 0.100. The summed E-state index contributed by atoms with van der Waals surface area (Å²) in [7, 11) is 1.54. The second-order valence-electron chi connectivity index (χ2n) is 6.91. The molecule has 2 aliphatic rings. The summed E-state index contributed by atoms with van der Waals surface area (Å²) in [5.41, 5.74) is 1.08. The van der Waals surface area contributed by atoms with Gasteiger partial charge in [0, 0.05) is 38.3 Å². The third-order valence-corrected chi connectivity index (χ3v) is 5.19. The molecule has 0 radical (unpaired) electrons. The molecule has 0 spiro atoms. The minimum atomic E-state index is -0.535. The highest BCUT2D eigenvalue weighted by atomic mass is 16.6. The number of hydrogen-bond donors (Lipinski definition) is 0.